The molecule has 2 aliphatic rings. The molecule has 1 amide bonds. The molecule has 3 heterocycles. The Bertz CT molecular complexity index is 1210. The third-order valence-corrected chi connectivity index (χ3v) is 9.33. The molecule has 2 aliphatic heterocycles. The molecule has 0 radical (unpaired) electrons. The molecule has 0 aliphatic carbocycles. The number of carbonyl (C=O) groups is 1. The molecule has 9 heteroatoms. The Hall–Kier alpha value is -2.36. The lowest BCUT2D eigenvalue weighted by atomic mass is 9.97. The molecule has 0 unspecified atom stereocenters. The summed E-state index contributed by atoms with van der Waals surface area (Å²) in [7, 11) is -3.77. The van der Waals surface area contributed by atoms with Crippen molar-refractivity contribution >= 4 is 37.5 Å². The van der Waals surface area contributed by atoms with Gasteiger partial charge in [-0.2, -0.15) is 4.31 Å². The number of aromatic nitrogens is 1. The van der Waals surface area contributed by atoms with Gasteiger partial charge in [-0.15, -0.1) is 11.3 Å². The summed E-state index contributed by atoms with van der Waals surface area (Å²) in [5.41, 5.74) is 0.945. The lowest BCUT2D eigenvalue weighted by Crippen LogP contribution is -2.46. The van der Waals surface area contributed by atoms with E-state index in [2.05, 4.69) is 0 Å². The first-order chi connectivity index (χ1) is 15.4. The van der Waals surface area contributed by atoms with Crippen LogP contribution >= 0.6 is 11.3 Å². The van der Waals surface area contributed by atoms with Gasteiger partial charge >= 0.3 is 0 Å². The number of fused-ring (bicyclic) bond motifs is 1. The normalized spacial score (nSPS) is 22.5. The maximum Gasteiger partial charge on any atom is 0.243 e. The average Bonchev–Trinajstić information content (AvgIpc) is 3.46. The molecule has 0 spiro atoms. The van der Waals surface area contributed by atoms with E-state index in [0.29, 0.717) is 25.9 Å². The van der Waals surface area contributed by atoms with Gasteiger partial charge in [-0.3, -0.25) is 4.79 Å². The topological polar surface area (TPSA) is 70.6 Å². The van der Waals surface area contributed by atoms with Crippen molar-refractivity contribution in [2.75, 3.05) is 19.6 Å². The van der Waals surface area contributed by atoms with E-state index in [1.54, 1.807) is 11.3 Å². The molecule has 32 heavy (non-hydrogen) atoms. The van der Waals surface area contributed by atoms with Crippen molar-refractivity contribution in [2.24, 2.45) is 5.92 Å². The third-order valence-electron chi connectivity index (χ3n) is 6.32. The van der Waals surface area contributed by atoms with E-state index in [4.69, 9.17) is 4.98 Å². The second-order valence-corrected chi connectivity index (χ2v) is 11.4. The molecule has 6 nitrogen and oxygen atoms in total. The van der Waals surface area contributed by atoms with Crippen molar-refractivity contribution in [2.45, 2.75) is 36.6 Å². The van der Waals surface area contributed by atoms with Crippen LogP contribution in [0, 0.1) is 11.7 Å². The van der Waals surface area contributed by atoms with E-state index in [0.717, 1.165) is 40.2 Å². The number of para-hydroxylation sites is 1. The molecule has 0 bridgehead atoms. The highest BCUT2D eigenvalue weighted by Gasteiger charge is 2.39. The van der Waals surface area contributed by atoms with Crippen molar-refractivity contribution in [1.82, 2.24) is 14.2 Å². The number of hydrogen-bond acceptors (Lipinski definition) is 5. The van der Waals surface area contributed by atoms with Gasteiger partial charge < -0.3 is 4.90 Å². The van der Waals surface area contributed by atoms with Gasteiger partial charge in [-0.25, -0.2) is 17.8 Å². The van der Waals surface area contributed by atoms with Gasteiger partial charge in [0, 0.05) is 19.6 Å². The van der Waals surface area contributed by atoms with Gasteiger partial charge in [-0.1, -0.05) is 12.1 Å². The highest BCUT2D eigenvalue weighted by Crippen LogP contribution is 2.38. The zero-order valence-electron chi connectivity index (χ0n) is 17.5. The average molecular weight is 474 g/mol. The van der Waals surface area contributed by atoms with E-state index in [1.807, 2.05) is 29.2 Å². The summed E-state index contributed by atoms with van der Waals surface area (Å²) in [6.45, 7) is 1.19. The van der Waals surface area contributed by atoms with Gasteiger partial charge in [0.1, 0.15) is 10.8 Å². The lowest BCUT2D eigenvalue weighted by molar-refractivity contribution is -0.137. The molecule has 5 rings (SSSR count). The van der Waals surface area contributed by atoms with Gasteiger partial charge in [-0.05, 0) is 62.1 Å². The minimum absolute atomic E-state index is 0.00534. The number of carbonyl (C=O) groups excluding carboxylic acids is 1. The van der Waals surface area contributed by atoms with Crippen LogP contribution in [0.15, 0.2) is 53.4 Å². The molecule has 2 aromatic carbocycles. The van der Waals surface area contributed by atoms with E-state index < -0.39 is 15.8 Å². The maximum absolute atomic E-state index is 13.5. The van der Waals surface area contributed by atoms with Crippen molar-refractivity contribution in [1.29, 1.82) is 0 Å². The quantitative estimate of drug-likeness (QED) is 0.570. The maximum atomic E-state index is 13.5. The Morgan fingerprint density at radius 3 is 2.56 bits per heavy atom. The van der Waals surface area contributed by atoms with Crippen molar-refractivity contribution in [3.8, 4) is 0 Å². The second kappa shape index (κ2) is 8.53. The number of amides is 1. The fraction of sp³-hybridized carbons (Fsp3) is 0.391. The molecular weight excluding hydrogens is 449 g/mol. The molecule has 2 saturated heterocycles. The number of hydrogen-bond donors (Lipinski definition) is 0. The van der Waals surface area contributed by atoms with Crippen LogP contribution in [-0.2, 0) is 14.8 Å². The van der Waals surface area contributed by atoms with Crippen molar-refractivity contribution in [3.05, 3.63) is 59.4 Å². The van der Waals surface area contributed by atoms with Crippen molar-refractivity contribution < 1.29 is 17.6 Å². The van der Waals surface area contributed by atoms with Crippen LogP contribution in [0.1, 0.15) is 36.7 Å². The minimum Gasteiger partial charge on any atom is -0.333 e. The fourth-order valence-corrected chi connectivity index (χ4v) is 7.31. The van der Waals surface area contributed by atoms with Crippen molar-refractivity contribution in [3.63, 3.8) is 0 Å². The van der Waals surface area contributed by atoms with Crippen LogP contribution in [0.5, 0.6) is 0 Å². The number of sulfonamides is 1. The molecule has 2 atom stereocenters. The number of likely N-dealkylation sites (tertiary alicyclic amines) is 1. The predicted molar refractivity (Wildman–Crippen MR) is 121 cm³/mol. The highest BCUT2D eigenvalue weighted by atomic mass is 32.2. The molecule has 2 fully saturated rings. The van der Waals surface area contributed by atoms with Crippen LogP contribution in [-0.4, -0.2) is 48.1 Å². The summed E-state index contributed by atoms with van der Waals surface area (Å²) in [4.78, 5) is 20.2. The summed E-state index contributed by atoms with van der Waals surface area (Å²) < 4.78 is 41.8. The number of nitrogens with zero attached hydrogens (tertiary/aromatic N) is 3. The largest absolute Gasteiger partial charge is 0.333 e. The predicted octanol–water partition coefficient (Wildman–Crippen LogP) is 4.20. The first kappa shape index (κ1) is 21.5. The molecule has 3 aromatic rings. The number of rotatable bonds is 4. The Morgan fingerprint density at radius 2 is 1.78 bits per heavy atom. The first-order valence-electron chi connectivity index (χ1n) is 10.8. The van der Waals surface area contributed by atoms with Crippen LogP contribution in [0.4, 0.5) is 4.39 Å². The highest BCUT2D eigenvalue weighted by molar-refractivity contribution is 7.89. The first-order valence-corrected chi connectivity index (χ1v) is 13.1. The molecule has 0 saturated carbocycles. The van der Waals surface area contributed by atoms with Gasteiger partial charge in [0.25, 0.3) is 0 Å². The van der Waals surface area contributed by atoms with Crippen LogP contribution in [0.25, 0.3) is 10.2 Å². The molecular formula is C23H24FN3O3S2. The monoisotopic (exact) mass is 473 g/mol. The molecule has 0 N–H and O–H groups in total. The van der Waals surface area contributed by atoms with Crippen LogP contribution in [0.2, 0.25) is 0 Å². The minimum atomic E-state index is -3.77. The standard InChI is InChI=1S/C23H24FN3O3S2/c24-17-9-11-18(12-10-17)32(29,30)26-13-3-5-16(15-26)23(28)27-14-4-7-20(27)22-25-19-6-1-2-8-21(19)31-22/h1-2,6,8-12,16,20H,3-5,7,13-15H2/t16-,20-/m1/s1. The Morgan fingerprint density at radius 1 is 1.03 bits per heavy atom. The van der Waals surface area contributed by atoms with E-state index >= 15 is 0 Å². The van der Waals surface area contributed by atoms with E-state index in [9.17, 15) is 17.6 Å². The summed E-state index contributed by atoms with van der Waals surface area (Å²) in [5.74, 6) is -0.856. The molecule has 1 aromatic heterocycles. The second-order valence-electron chi connectivity index (χ2n) is 8.37. The summed E-state index contributed by atoms with van der Waals surface area (Å²) in [6.07, 6.45) is 3.07. The van der Waals surface area contributed by atoms with E-state index in [1.165, 1.54) is 16.4 Å². The van der Waals surface area contributed by atoms with Crippen LogP contribution < -0.4 is 0 Å². The Balaban J connectivity index is 1.35. The SMILES string of the molecule is O=C([C@@H]1CCCN(S(=O)(=O)c2ccc(F)cc2)C1)N1CCC[C@@H]1c1nc2ccccc2s1. The third kappa shape index (κ3) is 3.93. The number of benzene rings is 2. The zero-order valence-corrected chi connectivity index (χ0v) is 19.1. The summed E-state index contributed by atoms with van der Waals surface area (Å²) in [5, 5.41) is 0.948. The van der Waals surface area contributed by atoms with Gasteiger partial charge in [0.05, 0.1) is 27.1 Å². The number of thiazole rings is 1. The summed E-state index contributed by atoms with van der Waals surface area (Å²) >= 11 is 1.62. The Kier molecular flexibility index (Phi) is 5.73. The number of piperidine rings is 1. The Labute approximate surface area is 190 Å². The smallest absolute Gasteiger partial charge is 0.243 e. The fourth-order valence-electron chi connectivity index (χ4n) is 4.67. The van der Waals surface area contributed by atoms with Gasteiger partial charge in [0.2, 0.25) is 15.9 Å². The zero-order chi connectivity index (χ0) is 22.3. The summed E-state index contributed by atoms with van der Waals surface area (Å²) in [6, 6.07) is 12.8. The number of halogens is 1. The molecule has 168 valence electrons. The van der Waals surface area contributed by atoms with Gasteiger partial charge in [0.15, 0.2) is 0 Å². The van der Waals surface area contributed by atoms with Crippen LogP contribution in [0.3, 0.4) is 0 Å². The lowest BCUT2D eigenvalue weighted by Gasteiger charge is -2.34. The van der Waals surface area contributed by atoms with E-state index in [-0.39, 0.29) is 29.3 Å².